The fourth-order valence-corrected chi connectivity index (χ4v) is 4.89. The summed E-state index contributed by atoms with van der Waals surface area (Å²) in [5, 5.41) is 6.75. The fraction of sp³-hybridized carbons (Fsp3) is 0.267. The average molecular weight is 483 g/mol. The summed E-state index contributed by atoms with van der Waals surface area (Å²) in [6, 6.07) is 14.9. The largest absolute Gasteiger partial charge is 0.389 e. The van der Waals surface area contributed by atoms with Gasteiger partial charge in [-0.2, -0.15) is 0 Å². The molecule has 0 spiro atoms. The predicted molar refractivity (Wildman–Crippen MR) is 153 cm³/mol. The fourth-order valence-electron chi connectivity index (χ4n) is 4.57. The van der Waals surface area contributed by atoms with E-state index >= 15 is 0 Å². The van der Waals surface area contributed by atoms with E-state index in [0.29, 0.717) is 5.92 Å². The molecule has 0 saturated carbocycles. The van der Waals surface area contributed by atoms with Gasteiger partial charge in [0.2, 0.25) is 0 Å². The summed E-state index contributed by atoms with van der Waals surface area (Å²) < 4.78 is 2.02. The Labute approximate surface area is 214 Å². The zero-order valence-corrected chi connectivity index (χ0v) is 21.7. The van der Waals surface area contributed by atoms with Crippen molar-refractivity contribution < 1.29 is 0 Å². The van der Waals surface area contributed by atoms with Crippen LogP contribution in [0.4, 0.5) is 5.69 Å². The number of piperidine rings is 1. The van der Waals surface area contributed by atoms with Gasteiger partial charge in [-0.25, -0.2) is 4.98 Å². The molecule has 0 aliphatic carbocycles. The van der Waals surface area contributed by atoms with Gasteiger partial charge in [-0.3, -0.25) is 0 Å². The van der Waals surface area contributed by atoms with Crippen LogP contribution in [0.3, 0.4) is 0 Å². The van der Waals surface area contributed by atoms with Gasteiger partial charge in [0.05, 0.1) is 5.70 Å². The summed E-state index contributed by atoms with van der Waals surface area (Å²) in [5.41, 5.74) is 8.87. The number of rotatable bonds is 8. The summed E-state index contributed by atoms with van der Waals surface area (Å²) in [5.74, 6) is 1.14. The van der Waals surface area contributed by atoms with Crippen LogP contribution in [0.5, 0.6) is 0 Å². The lowest BCUT2D eigenvalue weighted by molar-refractivity contribution is 0.520. The van der Waals surface area contributed by atoms with Crippen LogP contribution in [0.25, 0.3) is 17.5 Å². The third-order valence-corrected chi connectivity index (χ3v) is 7.20. The van der Waals surface area contributed by atoms with Crippen molar-refractivity contribution in [3.05, 3.63) is 102 Å². The number of anilines is 1. The average Bonchev–Trinajstić information content (AvgIpc) is 3.33. The van der Waals surface area contributed by atoms with Crippen LogP contribution in [-0.2, 0) is 6.42 Å². The predicted octanol–water partition coefficient (Wildman–Crippen LogP) is 7.09. The second-order valence-electron chi connectivity index (χ2n) is 9.23. The summed E-state index contributed by atoms with van der Waals surface area (Å²) in [6.07, 6.45) is 8.80. The molecule has 1 aliphatic heterocycles. The molecule has 4 rings (SSSR count). The van der Waals surface area contributed by atoms with Gasteiger partial charge in [0, 0.05) is 47.3 Å². The van der Waals surface area contributed by atoms with Crippen molar-refractivity contribution in [2.45, 2.75) is 40.0 Å². The van der Waals surface area contributed by atoms with Gasteiger partial charge in [0.25, 0.3) is 0 Å². The lowest BCUT2D eigenvalue weighted by Crippen LogP contribution is -2.29. The summed E-state index contributed by atoms with van der Waals surface area (Å²) >= 11 is 5.88. The van der Waals surface area contributed by atoms with E-state index in [1.54, 1.807) is 6.20 Å². The highest BCUT2D eigenvalue weighted by Crippen LogP contribution is 2.26. The molecular formula is C30H34N4S. The van der Waals surface area contributed by atoms with Crippen molar-refractivity contribution in [2.75, 3.05) is 11.9 Å². The Hall–Kier alpha value is -3.44. The molecule has 3 aromatic rings. The number of allylic oxidation sites excluding steroid dienone is 2. The van der Waals surface area contributed by atoms with Crippen molar-refractivity contribution in [1.82, 2.24) is 14.9 Å². The van der Waals surface area contributed by atoms with Crippen LogP contribution in [0.15, 0.2) is 73.7 Å². The van der Waals surface area contributed by atoms with Gasteiger partial charge in [-0.15, -0.1) is 0 Å². The maximum absolute atomic E-state index is 5.88. The minimum absolute atomic E-state index is 0.364. The molecule has 2 aromatic carbocycles. The Bertz CT molecular complexity index is 1300. The minimum atomic E-state index is 0.364. The number of nitrogens with zero attached hydrogens (tertiary/aromatic N) is 2. The Morgan fingerprint density at radius 1 is 1.26 bits per heavy atom. The molecule has 35 heavy (non-hydrogen) atoms. The molecule has 1 unspecified atom stereocenters. The molecule has 2 N–H and O–H groups in total. The van der Waals surface area contributed by atoms with E-state index in [0.717, 1.165) is 70.3 Å². The highest BCUT2D eigenvalue weighted by atomic mass is 32.1. The van der Waals surface area contributed by atoms with E-state index in [1.165, 1.54) is 11.1 Å². The first-order chi connectivity index (χ1) is 16.9. The molecule has 0 radical (unpaired) electrons. The quantitative estimate of drug-likeness (QED) is 0.266. The maximum atomic E-state index is 5.88. The Balaban J connectivity index is 1.53. The topological polar surface area (TPSA) is 41.9 Å². The van der Waals surface area contributed by atoms with Crippen molar-refractivity contribution in [3.63, 3.8) is 0 Å². The zero-order valence-electron chi connectivity index (χ0n) is 20.9. The number of benzene rings is 2. The van der Waals surface area contributed by atoms with Gasteiger partial charge in [0.15, 0.2) is 5.82 Å². The second-order valence-corrected chi connectivity index (χ2v) is 9.67. The van der Waals surface area contributed by atoms with Crippen LogP contribution in [0, 0.1) is 12.8 Å². The van der Waals surface area contributed by atoms with E-state index in [1.807, 2.05) is 10.8 Å². The first-order valence-corrected chi connectivity index (χ1v) is 12.6. The highest BCUT2D eigenvalue weighted by molar-refractivity contribution is 7.80. The van der Waals surface area contributed by atoms with Crippen LogP contribution >= 0.6 is 12.2 Å². The number of aryl methyl sites for hydroxylation is 2. The van der Waals surface area contributed by atoms with Gasteiger partial charge >= 0.3 is 0 Å². The molecule has 4 nitrogen and oxygen atoms in total. The lowest BCUT2D eigenvalue weighted by Gasteiger charge is -2.26. The van der Waals surface area contributed by atoms with Crippen LogP contribution < -0.4 is 10.6 Å². The molecule has 0 amide bonds. The van der Waals surface area contributed by atoms with Gasteiger partial charge in [-0.05, 0) is 79.1 Å². The van der Waals surface area contributed by atoms with E-state index < -0.39 is 0 Å². The van der Waals surface area contributed by atoms with Crippen LogP contribution in [-0.4, -0.2) is 21.0 Å². The minimum Gasteiger partial charge on any atom is -0.389 e. The normalized spacial score (nSPS) is 16.0. The number of thiocarbonyl (C=S) groups is 1. The zero-order chi connectivity index (χ0) is 24.9. The lowest BCUT2D eigenvalue weighted by atomic mass is 9.88. The van der Waals surface area contributed by atoms with Gasteiger partial charge < -0.3 is 15.2 Å². The van der Waals surface area contributed by atoms with Crippen molar-refractivity contribution in [2.24, 2.45) is 5.92 Å². The van der Waals surface area contributed by atoms with Crippen molar-refractivity contribution in [3.8, 4) is 0 Å². The van der Waals surface area contributed by atoms with E-state index in [4.69, 9.17) is 12.2 Å². The van der Waals surface area contributed by atoms with Gasteiger partial charge in [-0.1, -0.05) is 56.6 Å². The molecule has 1 fully saturated rings. The Morgan fingerprint density at radius 3 is 2.83 bits per heavy atom. The monoisotopic (exact) mass is 482 g/mol. The molecule has 1 aliphatic rings. The first kappa shape index (κ1) is 24.7. The second kappa shape index (κ2) is 10.9. The molecule has 1 atom stereocenters. The highest BCUT2D eigenvalue weighted by Gasteiger charge is 2.21. The molecule has 5 heteroatoms. The number of nitrogens with one attached hydrogen (secondary N) is 2. The Kier molecular flexibility index (Phi) is 7.67. The summed E-state index contributed by atoms with van der Waals surface area (Å²) in [7, 11) is 0. The van der Waals surface area contributed by atoms with Crippen LogP contribution in [0.2, 0.25) is 0 Å². The van der Waals surface area contributed by atoms with E-state index in [-0.39, 0.29) is 0 Å². The molecule has 0 bridgehead atoms. The van der Waals surface area contributed by atoms with Gasteiger partial charge in [0.1, 0.15) is 0 Å². The summed E-state index contributed by atoms with van der Waals surface area (Å²) in [4.78, 5) is 5.58. The maximum Gasteiger partial charge on any atom is 0.159 e. The van der Waals surface area contributed by atoms with Crippen molar-refractivity contribution in [1.29, 1.82) is 0 Å². The van der Waals surface area contributed by atoms with Crippen molar-refractivity contribution >= 4 is 40.2 Å². The number of hydrogen-bond donors (Lipinski definition) is 2. The standard InChI is InChI=1S/C30H34N4S/c1-6-24-18-28(11-10-20(24)2)33-23(5)30-32-14-15-34(30)19-21(3)25-8-7-9-26(17-25)29(35)27-12-13-31-22(4)16-27/h7-11,14-15,17-19,27,31,33H,4-6,12-13,16H2,1-3H3/b21-19+. The Morgan fingerprint density at radius 2 is 2.06 bits per heavy atom. The van der Waals surface area contributed by atoms with E-state index in [2.05, 4.69) is 98.2 Å². The number of hydrogen-bond acceptors (Lipinski definition) is 4. The summed E-state index contributed by atoms with van der Waals surface area (Å²) in [6.45, 7) is 15.7. The first-order valence-electron chi connectivity index (χ1n) is 12.2. The third kappa shape index (κ3) is 5.80. The van der Waals surface area contributed by atoms with Crippen LogP contribution in [0.1, 0.15) is 54.8 Å². The third-order valence-electron chi connectivity index (χ3n) is 6.63. The molecule has 1 saturated heterocycles. The number of aromatic nitrogens is 2. The smallest absolute Gasteiger partial charge is 0.159 e. The molecule has 2 heterocycles. The molecule has 1 aromatic heterocycles. The van der Waals surface area contributed by atoms with E-state index in [9.17, 15) is 0 Å². The molecule has 180 valence electrons. The number of imidazole rings is 1. The SMILES string of the molecule is C=C1CC(C(=S)c2cccc(/C(C)=C/n3ccnc3C(=C)Nc3ccc(C)c(CC)c3)c2)CCN1. The molecular weight excluding hydrogens is 448 g/mol.